The van der Waals surface area contributed by atoms with Crippen molar-refractivity contribution in [2.45, 2.75) is 35.2 Å². The molecule has 0 spiro atoms. The van der Waals surface area contributed by atoms with E-state index in [4.69, 9.17) is 4.74 Å². The predicted octanol–water partition coefficient (Wildman–Crippen LogP) is 3.60. The zero-order valence-corrected chi connectivity index (χ0v) is 20.6. The first-order valence-electron chi connectivity index (χ1n) is 10.2. The highest BCUT2D eigenvalue weighted by Crippen LogP contribution is 2.30. The number of rotatable bonds is 8. The summed E-state index contributed by atoms with van der Waals surface area (Å²) in [6.07, 6.45) is 3.80. The second-order valence-electron chi connectivity index (χ2n) is 7.56. The van der Waals surface area contributed by atoms with Gasteiger partial charge in [-0.2, -0.15) is 9.30 Å². The van der Waals surface area contributed by atoms with E-state index in [2.05, 4.69) is 11.1 Å². The van der Waals surface area contributed by atoms with Crippen molar-refractivity contribution in [1.82, 2.24) is 8.87 Å². The molecule has 0 bridgehead atoms. The maximum Gasteiger partial charge on any atom is 0.279 e. The molecule has 32 heavy (non-hydrogen) atoms. The van der Waals surface area contributed by atoms with Crippen LogP contribution >= 0.6 is 23.1 Å². The van der Waals surface area contributed by atoms with E-state index in [1.807, 2.05) is 23.0 Å². The summed E-state index contributed by atoms with van der Waals surface area (Å²) in [7, 11) is -0.305. The topological polar surface area (TPSA) is 81.0 Å². The Morgan fingerprint density at radius 1 is 1.25 bits per heavy atom. The number of thioether (sulfide) groups is 1. The summed E-state index contributed by atoms with van der Waals surface area (Å²) < 4.78 is 35.0. The zero-order valence-electron chi connectivity index (χ0n) is 18.1. The molecule has 1 heterocycles. The molecule has 1 fully saturated rings. The zero-order chi connectivity index (χ0) is 22.9. The Morgan fingerprint density at radius 3 is 2.59 bits per heavy atom. The van der Waals surface area contributed by atoms with Gasteiger partial charge in [0.15, 0.2) is 4.80 Å². The molecule has 0 unspecified atom stereocenters. The van der Waals surface area contributed by atoms with Gasteiger partial charge in [0.25, 0.3) is 5.91 Å². The van der Waals surface area contributed by atoms with Crippen LogP contribution in [0.1, 0.15) is 23.2 Å². The molecule has 0 aliphatic heterocycles. The number of nitrogens with zero attached hydrogens (tertiary/aromatic N) is 3. The number of ether oxygens (including phenoxy) is 1. The molecule has 170 valence electrons. The number of carbonyl (C=O) groups excluding carboxylic acids is 1. The van der Waals surface area contributed by atoms with Crippen LogP contribution in [0.25, 0.3) is 10.2 Å². The van der Waals surface area contributed by atoms with Crippen LogP contribution < -0.4 is 4.80 Å². The largest absolute Gasteiger partial charge is 0.383 e. The van der Waals surface area contributed by atoms with Gasteiger partial charge in [0.1, 0.15) is 0 Å². The van der Waals surface area contributed by atoms with Gasteiger partial charge in [0, 0.05) is 37.2 Å². The SMILES string of the molecule is COCCn1c(=NC(=O)c2ccc(S(=O)(=O)N(C)C3CC3)cc2)sc2cc(SC)ccc21. The number of amides is 1. The van der Waals surface area contributed by atoms with Crippen molar-refractivity contribution < 1.29 is 17.9 Å². The van der Waals surface area contributed by atoms with Crippen LogP contribution in [0.15, 0.2) is 57.2 Å². The fourth-order valence-electron chi connectivity index (χ4n) is 3.39. The Bertz CT molecular complexity index is 1310. The number of thiazole rings is 1. The Balaban J connectivity index is 1.66. The molecule has 0 saturated heterocycles. The standard InChI is InChI=1S/C22H25N3O4S3/c1-24(16-6-7-16)32(27,28)18-9-4-15(5-10-18)21(26)23-22-25(12-13-29-2)19-11-8-17(30-3)14-20(19)31-22/h4-5,8-11,14,16H,6-7,12-13H2,1-3H3. The van der Waals surface area contributed by atoms with Crippen molar-refractivity contribution in [1.29, 1.82) is 0 Å². The van der Waals surface area contributed by atoms with E-state index in [0.29, 0.717) is 23.5 Å². The number of hydrogen-bond acceptors (Lipinski definition) is 6. The highest BCUT2D eigenvalue weighted by molar-refractivity contribution is 7.98. The Kier molecular flexibility index (Phi) is 6.87. The van der Waals surface area contributed by atoms with Crippen LogP contribution in [0.3, 0.4) is 0 Å². The minimum absolute atomic E-state index is 0.0819. The number of benzene rings is 2. The second kappa shape index (κ2) is 9.48. The van der Waals surface area contributed by atoms with Gasteiger partial charge in [0.2, 0.25) is 10.0 Å². The molecule has 0 N–H and O–H groups in total. The van der Waals surface area contributed by atoms with E-state index in [-0.39, 0.29) is 10.9 Å². The van der Waals surface area contributed by atoms with Gasteiger partial charge in [-0.1, -0.05) is 11.3 Å². The summed E-state index contributed by atoms with van der Waals surface area (Å²) in [5, 5.41) is 0. The molecule has 7 nitrogen and oxygen atoms in total. The normalized spacial score (nSPS) is 15.1. The predicted molar refractivity (Wildman–Crippen MR) is 128 cm³/mol. The number of methoxy groups -OCH3 is 1. The molecule has 0 atom stereocenters. The van der Waals surface area contributed by atoms with Crippen molar-refractivity contribution >= 4 is 49.2 Å². The first-order valence-corrected chi connectivity index (χ1v) is 13.7. The van der Waals surface area contributed by atoms with Gasteiger partial charge in [-0.25, -0.2) is 8.42 Å². The van der Waals surface area contributed by atoms with Crippen molar-refractivity contribution in [3.8, 4) is 0 Å². The maximum absolute atomic E-state index is 12.9. The third-order valence-electron chi connectivity index (χ3n) is 5.45. The van der Waals surface area contributed by atoms with Gasteiger partial charge in [0.05, 0.1) is 21.7 Å². The molecule has 10 heteroatoms. The van der Waals surface area contributed by atoms with Crippen LogP contribution in [0.2, 0.25) is 0 Å². The molecule has 4 rings (SSSR count). The molecular weight excluding hydrogens is 466 g/mol. The fourth-order valence-corrected chi connectivity index (χ4v) is 6.41. The average Bonchev–Trinajstić information content (AvgIpc) is 3.59. The number of carbonyl (C=O) groups is 1. The van der Waals surface area contributed by atoms with Crippen molar-refractivity contribution in [3.63, 3.8) is 0 Å². The number of hydrogen-bond donors (Lipinski definition) is 0. The molecule has 2 aromatic carbocycles. The molecule has 1 aliphatic rings. The fraction of sp³-hybridized carbons (Fsp3) is 0.364. The van der Waals surface area contributed by atoms with Crippen LogP contribution in [-0.2, 0) is 21.3 Å². The molecule has 1 saturated carbocycles. The Hall–Kier alpha value is -1.98. The number of fused-ring (bicyclic) bond motifs is 1. The average molecular weight is 492 g/mol. The maximum atomic E-state index is 12.9. The molecule has 1 aromatic heterocycles. The first kappa shape index (κ1) is 23.2. The second-order valence-corrected chi connectivity index (χ2v) is 11.4. The highest BCUT2D eigenvalue weighted by atomic mass is 32.2. The van der Waals surface area contributed by atoms with E-state index in [9.17, 15) is 13.2 Å². The third-order valence-corrected chi connectivity index (χ3v) is 9.14. The summed E-state index contributed by atoms with van der Waals surface area (Å²) >= 11 is 3.11. The molecule has 0 radical (unpaired) electrons. The van der Waals surface area contributed by atoms with Gasteiger partial charge in [-0.15, -0.1) is 11.8 Å². The first-order chi connectivity index (χ1) is 15.3. The Labute approximate surface area is 195 Å². The van der Waals surface area contributed by atoms with Gasteiger partial charge in [-0.3, -0.25) is 4.79 Å². The Morgan fingerprint density at radius 2 is 1.97 bits per heavy atom. The van der Waals surface area contributed by atoms with E-state index in [1.54, 1.807) is 25.9 Å². The van der Waals surface area contributed by atoms with E-state index < -0.39 is 15.9 Å². The van der Waals surface area contributed by atoms with Crippen LogP contribution in [-0.4, -0.2) is 56.3 Å². The van der Waals surface area contributed by atoms with Crippen molar-refractivity contribution in [3.05, 3.63) is 52.8 Å². The minimum atomic E-state index is -3.54. The third kappa shape index (κ3) is 4.69. The summed E-state index contributed by atoms with van der Waals surface area (Å²) in [6.45, 7) is 1.07. The lowest BCUT2D eigenvalue weighted by Crippen LogP contribution is -2.28. The molecule has 3 aromatic rings. The summed E-state index contributed by atoms with van der Waals surface area (Å²) in [4.78, 5) is 19.2. The minimum Gasteiger partial charge on any atom is -0.383 e. The van der Waals surface area contributed by atoms with Gasteiger partial charge >= 0.3 is 0 Å². The van der Waals surface area contributed by atoms with E-state index in [1.165, 1.54) is 39.9 Å². The highest BCUT2D eigenvalue weighted by Gasteiger charge is 2.35. The van der Waals surface area contributed by atoms with E-state index >= 15 is 0 Å². The lowest BCUT2D eigenvalue weighted by atomic mass is 10.2. The molecular formula is C22H25N3O4S3. The van der Waals surface area contributed by atoms with Crippen LogP contribution in [0, 0.1) is 0 Å². The van der Waals surface area contributed by atoms with Crippen molar-refractivity contribution in [2.75, 3.05) is 27.0 Å². The van der Waals surface area contributed by atoms with Crippen LogP contribution in [0.5, 0.6) is 0 Å². The van der Waals surface area contributed by atoms with E-state index in [0.717, 1.165) is 28.0 Å². The molecule has 1 aliphatic carbocycles. The quantitative estimate of drug-likeness (QED) is 0.450. The van der Waals surface area contributed by atoms with Crippen LogP contribution in [0.4, 0.5) is 0 Å². The smallest absolute Gasteiger partial charge is 0.279 e. The number of aromatic nitrogens is 1. The summed E-state index contributed by atoms with van der Waals surface area (Å²) in [5.41, 5.74) is 1.35. The molecule has 1 amide bonds. The lowest BCUT2D eigenvalue weighted by Gasteiger charge is -2.16. The summed E-state index contributed by atoms with van der Waals surface area (Å²) in [6, 6.07) is 12.3. The number of sulfonamides is 1. The monoisotopic (exact) mass is 491 g/mol. The van der Waals surface area contributed by atoms with Gasteiger partial charge in [-0.05, 0) is 61.6 Å². The lowest BCUT2D eigenvalue weighted by molar-refractivity contribution is 0.0997. The van der Waals surface area contributed by atoms with Crippen molar-refractivity contribution in [2.24, 2.45) is 4.99 Å². The van der Waals surface area contributed by atoms with Gasteiger partial charge < -0.3 is 9.30 Å². The summed E-state index contributed by atoms with van der Waals surface area (Å²) in [5.74, 6) is -0.410.